The van der Waals surface area contributed by atoms with Crippen molar-refractivity contribution in [1.29, 1.82) is 0 Å². The minimum Gasteiger partial charge on any atom is -0.337 e. The Morgan fingerprint density at radius 1 is 1.00 bits per heavy atom. The topological polar surface area (TPSA) is 66.5 Å². The van der Waals surface area contributed by atoms with Crippen molar-refractivity contribution in [1.82, 2.24) is 10.2 Å². The van der Waals surface area contributed by atoms with Crippen LogP contribution in [0, 0.1) is 0 Å². The maximum atomic E-state index is 12.6. The molecule has 2 aliphatic rings. The Labute approximate surface area is 150 Å². The van der Waals surface area contributed by atoms with Gasteiger partial charge in [0.15, 0.2) is 9.84 Å². The molecule has 1 amide bonds. The molecule has 1 saturated carbocycles. The van der Waals surface area contributed by atoms with Crippen LogP contribution in [0.4, 0.5) is 0 Å². The van der Waals surface area contributed by atoms with E-state index in [2.05, 4.69) is 5.32 Å². The number of carbonyl (C=O) groups excluding carboxylic acids is 1. The second kappa shape index (κ2) is 8.32. The molecular formula is C17H25ClN2O3S. The largest absolute Gasteiger partial charge is 0.337 e. The first-order valence-electron chi connectivity index (χ1n) is 8.43. The van der Waals surface area contributed by atoms with Gasteiger partial charge in [-0.05, 0) is 50.1 Å². The zero-order chi connectivity index (χ0) is 16.3. The van der Waals surface area contributed by atoms with E-state index < -0.39 is 9.84 Å². The lowest BCUT2D eigenvalue weighted by atomic mass is 10.2. The number of amides is 1. The molecule has 5 nitrogen and oxygen atoms in total. The molecular weight excluding hydrogens is 348 g/mol. The van der Waals surface area contributed by atoms with Gasteiger partial charge >= 0.3 is 0 Å². The molecule has 0 unspecified atom stereocenters. The molecule has 0 radical (unpaired) electrons. The van der Waals surface area contributed by atoms with Gasteiger partial charge in [-0.1, -0.05) is 12.8 Å². The Morgan fingerprint density at radius 2 is 1.67 bits per heavy atom. The lowest BCUT2D eigenvalue weighted by Gasteiger charge is -2.20. The number of carbonyl (C=O) groups is 1. The van der Waals surface area contributed by atoms with Crippen LogP contribution in [0.3, 0.4) is 0 Å². The number of rotatable bonds is 3. The molecule has 1 aliphatic heterocycles. The Bertz CT molecular complexity index is 647. The molecule has 1 aromatic rings. The zero-order valence-corrected chi connectivity index (χ0v) is 15.4. The van der Waals surface area contributed by atoms with Crippen LogP contribution in [0.5, 0.6) is 0 Å². The van der Waals surface area contributed by atoms with Crippen molar-refractivity contribution in [3.8, 4) is 0 Å². The number of hydrogen-bond acceptors (Lipinski definition) is 4. The molecule has 1 heterocycles. The minimum absolute atomic E-state index is 0. The van der Waals surface area contributed by atoms with E-state index in [9.17, 15) is 13.2 Å². The summed E-state index contributed by atoms with van der Waals surface area (Å²) in [6.45, 7) is 3.18. The third kappa shape index (κ3) is 4.10. The Morgan fingerprint density at radius 3 is 2.33 bits per heavy atom. The average Bonchev–Trinajstić information content (AvgIpc) is 2.98. The molecule has 134 valence electrons. The van der Waals surface area contributed by atoms with E-state index in [0.717, 1.165) is 51.7 Å². The van der Waals surface area contributed by atoms with E-state index >= 15 is 0 Å². The maximum Gasteiger partial charge on any atom is 0.253 e. The van der Waals surface area contributed by atoms with E-state index in [4.69, 9.17) is 0 Å². The summed E-state index contributed by atoms with van der Waals surface area (Å²) >= 11 is 0. The van der Waals surface area contributed by atoms with Gasteiger partial charge in [-0.25, -0.2) is 8.42 Å². The number of halogens is 1. The number of nitrogens with zero attached hydrogens (tertiary/aromatic N) is 1. The van der Waals surface area contributed by atoms with Crippen molar-refractivity contribution in [3.63, 3.8) is 0 Å². The summed E-state index contributed by atoms with van der Waals surface area (Å²) in [5, 5.41) is 3.02. The summed E-state index contributed by atoms with van der Waals surface area (Å²) < 4.78 is 25.1. The number of benzene rings is 1. The molecule has 1 saturated heterocycles. The smallest absolute Gasteiger partial charge is 0.253 e. The van der Waals surface area contributed by atoms with Crippen molar-refractivity contribution in [2.45, 2.75) is 42.2 Å². The Balaban J connectivity index is 0.00000208. The van der Waals surface area contributed by atoms with Gasteiger partial charge in [0.2, 0.25) is 0 Å². The van der Waals surface area contributed by atoms with E-state index in [1.807, 2.05) is 4.90 Å². The molecule has 3 rings (SSSR count). The average molecular weight is 373 g/mol. The first kappa shape index (κ1) is 19.2. The lowest BCUT2D eigenvalue weighted by Crippen LogP contribution is -2.34. The van der Waals surface area contributed by atoms with Crippen molar-refractivity contribution >= 4 is 28.2 Å². The van der Waals surface area contributed by atoms with E-state index in [0.29, 0.717) is 17.0 Å². The first-order chi connectivity index (χ1) is 11.1. The molecule has 1 aromatic carbocycles. The first-order valence-corrected chi connectivity index (χ1v) is 9.97. The highest BCUT2D eigenvalue weighted by Gasteiger charge is 2.30. The van der Waals surface area contributed by atoms with Crippen LogP contribution in [-0.4, -0.2) is 50.7 Å². The van der Waals surface area contributed by atoms with Crippen molar-refractivity contribution in [2.24, 2.45) is 0 Å². The SMILES string of the molecule is Cl.O=C(c1ccc(S(=O)(=O)C2CCCC2)cc1)N1CCCNCC1. The van der Waals surface area contributed by atoms with Crippen LogP contribution in [0.2, 0.25) is 0 Å². The van der Waals surface area contributed by atoms with Crippen LogP contribution < -0.4 is 5.32 Å². The van der Waals surface area contributed by atoms with Gasteiger partial charge in [0.25, 0.3) is 5.91 Å². The Hall–Kier alpha value is -1.11. The fourth-order valence-electron chi connectivity index (χ4n) is 3.41. The van der Waals surface area contributed by atoms with Crippen LogP contribution in [0.15, 0.2) is 29.2 Å². The third-order valence-corrected chi connectivity index (χ3v) is 7.08. The minimum atomic E-state index is -3.25. The predicted octanol–water partition coefficient (Wildman–Crippen LogP) is 2.26. The molecule has 0 spiro atoms. The molecule has 0 bridgehead atoms. The van der Waals surface area contributed by atoms with Crippen molar-refractivity contribution in [2.75, 3.05) is 26.2 Å². The molecule has 7 heteroatoms. The molecule has 0 aromatic heterocycles. The molecule has 0 atom stereocenters. The van der Waals surface area contributed by atoms with Gasteiger partial charge in [0, 0.05) is 25.2 Å². The van der Waals surface area contributed by atoms with Gasteiger partial charge in [-0.2, -0.15) is 0 Å². The van der Waals surface area contributed by atoms with Crippen LogP contribution in [0.1, 0.15) is 42.5 Å². The van der Waals surface area contributed by atoms with Crippen LogP contribution >= 0.6 is 12.4 Å². The second-order valence-electron chi connectivity index (χ2n) is 6.37. The molecule has 1 N–H and O–H groups in total. The summed E-state index contributed by atoms with van der Waals surface area (Å²) in [5.74, 6) is -0.0153. The maximum absolute atomic E-state index is 12.6. The summed E-state index contributed by atoms with van der Waals surface area (Å²) in [6, 6.07) is 6.50. The normalized spacial score (nSPS) is 19.6. The van der Waals surface area contributed by atoms with E-state index in [1.165, 1.54) is 0 Å². The lowest BCUT2D eigenvalue weighted by molar-refractivity contribution is 0.0766. The predicted molar refractivity (Wildman–Crippen MR) is 96.5 cm³/mol. The zero-order valence-electron chi connectivity index (χ0n) is 13.7. The highest BCUT2D eigenvalue weighted by atomic mass is 35.5. The standard InChI is InChI=1S/C17H24N2O3S.ClH/c20-17(19-12-3-10-18-11-13-19)14-6-8-16(9-7-14)23(21,22)15-4-1-2-5-15;/h6-9,15,18H,1-5,10-13H2;1H. The monoisotopic (exact) mass is 372 g/mol. The van der Waals surface area contributed by atoms with Crippen LogP contribution in [-0.2, 0) is 9.84 Å². The summed E-state index contributed by atoms with van der Waals surface area (Å²) in [7, 11) is -3.25. The summed E-state index contributed by atoms with van der Waals surface area (Å²) in [4.78, 5) is 14.7. The van der Waals surface area contributed by atoms with Gasteiger partial charge in [0.05, 0.1) is 10.1 Å². The number of nitrogens with one attached hydrogen (secondary N) is 1. The molecule has 24 heavy (non-hydrogen) atoms. The fourth-order valence-corrected chi connectivity index (χ4v) is 5.26. The van der Waals surface area contributed by atoms with Crippen molar-refractivity contribution < 1.29 is 13.2 Å². The molecule has 1 aliphatic carbocycles. The second-order valence-corrected chi connectivity index (χ2v) is 8.60. The van der Waals surface area contributed by atoms with E-state index in [-0.39, 0.29) is 23.6 Å². The summed E-state index contributed by atoms with van der Waals surface area (Å²) in [5.41, 5.74) is 0.567. The third-order valence-electron chi connectivity index (χ3n) is 4.80. The van der Waals surface area contributed by atoms with E-state index in [1.54, 1.807) is 24.3 Å². The Kier molecular flexibility index (Phi) is 6.66. The number of sulfone groups is 1. The quantitative estimate of drug-likeness (QED) is 0.883. The molecule has 2 fully saturated rings. The van der Waals surface area contributed by atoms with Gasteiger partial charge in [-0.15, -0.1) is 12.4 Å². The van der Waals surface area contributed by atoms with Crippen molar-refractivity contribution in [3.05, 3.63) is 29.8 Å². The fraction of sp³-hybridized carbons (Fsp3) is 0.588. The van der Waals surface area contributed by atoms with Gasteiger partial charge in [0.1, 0.15) is 0 Å². The van der Waals surface area contributed by atoms with Gasteiger partial charge < -0.3 is 10.2 Å². The highest BCUT2D eigenvalue weighted by molar-refractivity contribution is 7.92. The highest BCUT2D eigenvalue weighted by Crippen LogP contribution is 2.29. The number of hydrogen-bond donors (Lipinski definition) is 1. The van der Waals surface area contributed by atoms with Crippen LogP contribution in [0.25, 0.3) is 0 Å². The summed E-state index contributed by atoms with van der Waals surface area (Å²) in [6.07, 6.45) is 4.43. The van der Waals surface area contributed by atoms with Gasteiger partial charge in [-0.3, -0.25) is 4.79 Å².